The Bertz CT molecular complexity index is 1140. The van der Waals surface area contributed by atoms with Crippen LogP contribution in [0, 0.1) is 23.2 Å². The van der Waals surface area contributed by atoms with Crippen LogP contribution in [-0.2, 0) is 14.3 Å². The van der Waals surface area contributed by atoms with Crippen LogP contribution in [0.15, 0.2) is 48.5 Å². The highest BCUT2D eigenvalue weighted by atomic mass is 16.5. The normalized spacial score (nSPS) is 25.5. The first-order chi connectivity index (χ1) is 17.0. The molecule has 4 aliphatic rings. The Kier molecular flexibility index (Phi) is 5.31. The van der Waals surface area contributed by atoms with Crippen molar-refractivity contribution in [2.45, 2.75) is 31.6 Å². The van der Waals surface area contributed by atoms with Crippen LogP contribution in [0.4, 0.5) is 4.79 Å². The number of hydrogen-bond donors (Lipinski definition) is 2. The lowest BCUT2D eigenvalue weighted by molar-refractivity contribution is -0.148. The highest BCUT2D eigenvalue weighted by Gasteiger charge is 2.59. The van der Waals surface area contributed by atoms with Gasteiger partial charge in [-0.1, -0.05) is 55.0 Å². The first kappa shape index (κ1) is 22.1. The minimum absolute atomic E-state index is 0.00513. The number of hydrogen-bond acceptors (Lipinski definition) is 4. The average molecular weight is 475 g/mol. The molecule has 3 atom stereocenters. The molecule has 0 spiro atoms. The maximum absolute atomic E-state index is 13.4. The molecule has 7 nitrogen and oxygen atoms in total. The molecule has 2 N–H and O–H groups in total. The van der Waals surface area contributed by atoms with Gasteiger partial charge in [-0.15, -0.1) is 0 Å². The van der Waals surface area contributed by atoms with Gasteiger partial charge in [0.05, 0.1) is 11.3 Å². The Morgan fingerprint density at radius 2 is 1.66 bits per heavy atom. The zero-order valence-corrected chi connectivity index (χ0v) is 19.6. The topological polar surface area (TPSA) is 95.9 Å². The quantitative estimate of drug-likeness (QED) is 0.663. The van der Waals surface area contributed by atoms with Gasteiger partial charge in [0.1, 0.15) is 6.61 Å². The van der Waals surface area contributed by atoms with E-state index in [1.54, 1.807) is 0 Å². The molecular weight excluding hydrogens is 444 g/mol. The molecular formula is C28H30N2O5. The summed E-state index contributed by atoms with van der Waals surface area (Å²) in [7, 11) is 0. The van der Waals surface area contributed by atoms with Gasteiger partial charge in [-0.3, -0.25) is 9.59 Å². The van der Waals surface area contributed by atoms with Crippen LogP contribution in [0.2, 0.25) is 0 Å². The van der Waals surface area contributed by atoms with Crippen LogP contribution in [0.3, 0.4) is 0 Å². The molecule has 2 aromatic carbocycles. The van der Waals surface area contributed by atoms with Crippen LogP contribution in [0.5, 0.6) is 0 Å². The summed E-state index contributed by atoms with van der Waals surface area (Å²) in [4.78, 5) is 39.3. The molecule has 35 heavy (non-hydrogen) atoms. The second-order valence-corrected chi connectivity index (χ2v) is 10.5. The number of aliphatic carboxylic acids is 1. The van der Waals surface area contributed by atoms with Gasteiger partial charge in [-0.2, -0.15) is 0 Å². The predicted octanol–water partition coefficient (Wildman–Crippen LogP) is 3.87. The van der Waals surface area contributed by atoms with E-state index in [-0.39, 0.29) is 42.7 Å². The number of carboxylic acids is 1. The maximum Gasteiger partial charge on any atom is 0.407 e. The van der Waals surface area contributed by atoms with Gasteiger partial charge >= 0.3 is 12.1 Å². The molecule has 1 aliphatic heterocycles. The molecule has 3 fully saturated rings. The Morgan fingerprint density at radius 3 is 2.26 bits per heavy atom. The third-order valence-corrected chi connectivity index (χ3v) is 8.75. The third-order valence-electron chi connectivity index (χ3n) is 8.75. The van der Waals surface area contributed by atoms with Gasteiger partial charge in [0.25, 0.3) is 0 Å². The largest absolute Gasteiger partial charge is 0.481 e. The number of rotatable bonds is 6. The molecule has 2 amide bonds. The molecule has 0 radical (unpaired) electrons. The molecule has 3 unspecified atom stereocenters. The number of alkyl carbamates (subject to hydrolysis) is 1. The van der Waals surface area contributed by atoms with Gasteiger partial charge in [0, 0.05) is 25.6 Å². The van der Waals surface area contributed by atoms with Gasteiger partial charge < -0.3 is 20.1 Å². The molecule has 1 saturated heterocycles. The molecule has 182 valence electrons. The second kappa shape index (κ2) is 8.40. The molecule has 1 heterocycles. The van der Waals surface area contributed by atoms with Crippen molar-refractivity contribution in [2.24, 2.45) is 23.2 Å². The van der Waals surface area contributed by atoms with Crippen molar-refractivity contribution < 1.29 is 24.2 Å². The number of amides is 2. The molecule has 6 rings (SSSR count). The minimum atomic E-state index is -0.746. The van der Waals surface area contributed by atoms with E-state index in [2.05, 4.69) is 29.6 Å². The number of carboxylic acid groups (broad SMARTS) is 1. The van der Waals surface area contributed by atoms with Crippen LogP contribution in [0.25, 0.3) is 11.1 Å². The summed E-state index contributed by atoms with van der Waals surface area (Å²) in [5.41, 5.74) is 4.10. The van der Waals surface area contributed by atoms with E-state index in [9.17, 15) is 19.5 Å². The Hall–Kier alpha value is -3.35. The van der Waals surface area contributed by atoms with E-state index < -0.39 is 17.5 Å². The van der Waals surface area contributed by atoms with E-state index in [1.165, 1.54) is 11.1 Å². The summed E-state index contributed by atoms with van der Waals surface area (Å²) in [5.74, 6) is -0.703. The van der Waals surface area contributed by atoms with Gasteiger partial charge in [0.15, 0.2) is 0 Å². The van der Waals surface area contributed by atoms with E-state index in [4.69, 9.17) is 4.74 Å². The number of benzene rings is 2. The molecule has 0 aromatic heterocycles. The van der Waals surface area contributed by atoms with E-state index >= 15 is 0 Å². The Balaban J connectivity index is 1.06. The van der Waals surface area contributed by atoms with Crippen molar-refractivity contribution in [3.8, 4) is 11.1 Å². The smallest absolute Gasteiger partial charge is 0.407 e. The zero-order chi connectivity index (χ0) is 24.2. The number of carbonyl (C=O) groups excluding carboxylic acids is 2. The van der Waals surface area contributed by atoms with Crippen molar-refractivity contribution in [3.63, 3.8) is 0 Å². The van der Waals surface area contributed by atoms with Gasteiger partial charge in [0.2, 0.25) is 5.91 Å². The molecule has 7 heteroatoms. The lowest BCUT2D eigenvalue weighted by Gasteiger charge is -2.44. The van der Waals surface area contributed by atoms with Crippen LogP contribution >= 0.6 is 0 Å². The lowest BCUT2D eigenvalue weighted by Crippen LogP contribution is -2.55. The summed E-state index contributed by atoms with van der Waals surface area (Å²) in [6.45, 7) is 1.63. The van der Waals surface area contributed by atoms with E-state index in [1.807, 2.05) is 29.2 Å². The highest BCUT2D eigenvalue weighted by molar-refractivity contribution is 5.85. The van der Waals surface area contributed by atoms with Crippen LogP contribution < -0.4 is 5.32 Å². The average Bonchev–Trinajstić information content (AvgIpc) is 3.49. The predicted molar refractivity (Wildman–Crippen MR) is 129 cm³/mol. The lowest BCUT2D eigenvalue weighted by atomic mass is 9.67. The van der Waals surface area contributed by atoms with Gasteiger partial charge in [-0.05, 0) is 53.4 Å². The highest BCUT2D eigenvalue weighted by Crippen LogP contribution is 2.53. The molecule has 2 saturated carbocycles. The number of piperidine rings is 1. The fourth-order valence-electron chi connectivity index (χ4n) is 6.59. The van der Waals surface area contributed by atoms with Crippen LogP contribution in [-0.4, -0.2) is 54.2 Å². The monoisotopic (exact) mass is 474 g/mol. The van der Waals surface area contributed by atoms with Crippen molar-refractivity contribution in [3.05, 3.63) is 59.7 Å². The number of likely N-dealkylation sites (tertiary alicyclic amines) is 1. The second-order valence-electron chi connectivity index (χ2n) is 10.5. The van der Waals surface area contributed by atoms with Crippen molar-refractivity contribution in [1.29, 1.82) is 0 Å². The molecule has 0 bridgehead atoms. The number of nitrogens with zero attached hydrogens (tertiary/aromatic N) is 1. The van der Waals surface area contributed by atoms with E-state index in [0.29, 0.717) is 13.1 Å². The summed E-state index contributed by atoms with van der Waals surface area (Å²) >= 11 is 0. The first-order valence-corrected chi connectivity index (χ1v) is 12.6. The fourth-order valence-corrected chi connectivity index (χ4v) is 6.59. The summed E-state index contributed by atoms with van der Waals surface area (Å²) in [6, 6.07) is 16.4. The van der Waals surface area contributed by atoms with Crippen LogP contribution in [0.1, 0.15) is 42.7 Å². The fraction of sp³-hybridized carbons (Fsp3) is 0.464. The molecule has 3 aliphatic carbocycles. The number of carbonyl (C=O) groups is 3. The standard InChI is InChI=1S/C28H30N2O5/c31-25(32)24-21-10-13-30(14-22(21)24)26(33)28(11-5-12-28)16-29-27(34)35-15-23-19-8-3-1-6-17(19)18-7-2-4-9-20(18)23/h1-4,6-9,21-24H,5,10-16H2,(H,29,34)(H,31,32). The van der Waals surface area contributed by atoms with Crippen molar-refractivity contribution >= 4 is 18.0 Å². The first-order valence-electron chi connectivity index (χ1n) is 12.6. The minimum Gasteiger partial charge on any atom is -0.481 e. The number of ether oxygens (including phenoxy) is 1. The zero-order valence-electron chi connectivity index (χ0n) is 19.6. The van der Waals surface area contributed by atoms with Gasteiger partial charge in [-0.25, -0.2) is 4.79 Å². The SMILES string of the molecule is O=C(NCC1(C(=O)N2CCC3C(C2)C3C(=O)O)CCC1)OCC1c2ccccc2-c2ccccc21. The summed E-state index contributed by atoms with van der Waals surface area (Å²) in [6.07, 6.45) is 2.68. The number of fused-ring (bicyclic) bond motifs is 4. The summed E-state index contributed by atoms with van der Waals surface area (Å²) in [5, 5.41) is 12.2. The van der Waals surface area contributed by atoms with E-state index in [0.717, 1.165) is 36.8 Å². The molecule has 2 aromatic rings. The Labute approximate surface area is 204 Å². The van der Waals surface area contributed by atoms with Crippen molar-refractivity contribution in [1.82, 2.24) is 10.2 Å². The maximum atomic E-state index is 13.4. The third kappa shape index (κ3) is 3.68. The Morgan fingerprint density at radius 1 is 1.00 bits per heavy atom. The summed E-state index contributed by atoms with van der Waals surface area (Å²) < 4.78 is 5.65. The number of nitrogens with one attached hydrogen (secondary N) is 1. The van der Waals surface area contributed by atoms with Crippen molar-refractivity contribution in [2.75, 3.05) is 26.2 Å².